The van der Waals surface area contributed by atoms with Gasteiger partial charge in [0.1, 0.15) is 0 Å². The standard InChI is InChI=1S/C15H19BrN4O2.2ClH/c1-9(10-4-6-17-7-5-10)18-13-8-11(2-3-12(13)16)14-19-20-15(21)22-14;;/h2-3,8-10,17-18H,4-7H2,1H3,(H,20,21);2*1H. The highest BCUT2D eigenvalue weighted by molar-refractivity contribution is 9.10. The van der Waals surface area contributed by atoms with Gasteiger partial charge in [0.05, 0.1) is 0 Å². The number of halogens is 3. The smallest absolute Gasteiger partial charge is 0.388 e. The molecule has 1 atom stereocenters. The summed E-state index contributed by atoms with van der Waals surface area (Å²) in [4.78, 5) is 11.1. The lowest BCUT2D eigenvalue weighted by molar-refractivity contribution is 0.343. The molecule has 1 saturated heterocycles. The van der Waals surface area contributed by atoms with Crippen LogP contribution in [0.1, 0.15) is 19.8 Å². The van der Waals surface area contributed by atoms with Gasteiger partial charge in [0.25, 0.3) is 0 Å². The monoisotopic (exact) mass is 438 g/mol. The molecule has 3 rings (SSSR count). The molecule has 1 fully saturated rings. The highest BCUT2D eigenvalue weighted by atomic mass is 79.9. The van der Waals surface area contributed by atoms with Gasteiger partial charge in [-0.3, -0.25) is 0 Å². The van der Waals surface area contributed by atoms with E-state index in [-0.39, 0.29) is 24.8 Å². The molecule has 134 valence electrons. The first kappa shape index (κ1) is 21.0. The lowest BCUT2D eigenvalue weighted by atomic mass is 9.91. The van der Waals surface area contributed by atoms with Crippen LogP contribution in [0.4, 0.5) is 5.69 Å². The summed E-state index contributed by atoms with van der Waals surface area (Å²) < 4.78 is 5.99. The maximum atomic E-state index is 11.1. The number of benzene rings is 1. The Labute approximate surface area is 161 Å². The third-order valence-corrected chi connectivity index (χ3v) is 4.82. The van der Waals surface area contributed by atoms with Crippen molar-refractivity contribution in [2.45, 2.75) is 25.8 Å². The minimum Gasteiger partial charge on any atom is -0.388 e. The minimum absolute atomic E-state index is 0. The van der Waals surface area contributed by atoms with Crippen LogP contribution in [0.2, 0.25) is 0 Å². The fourth-order valence-electron chi connectivity index (χ4n) is 2.83. The van der Waals surface area contributed by atoms with Crippen LogP contribution >= 0.6 is 40.7 Å². The predicted octanol–water partition coefficient (Wildman–Crippen LogP) is 3.44. The van der Waals surface area contributed by atoms with Gasteiger partial charge < -0.3 is 15.1 Å². The second-order valence-corrected chi connectivity index (χ2v) is 6.49. The highest BCUT2D eigenvalue weighted by Crippen LogP contribution is 2.30. The zero-order chi connectivity index (χ0) is 15.5. The van der Waals surface area contributed by atoms with Crippen LogP contribution in [-0.4, -0.2) is 29.3 Å². The van der Waals surface area contributed by atoms with Crippen molar-refractivity contribution in [3.05, 3.63) is 33.2 Å². The molecule has 0 spiro atoms. The number of hydrogen-bond donors (Lipinski definition) is 3. The van der Waals surface area contributed by atoms with E-state index in [0.717, 1.165) is 28.8 Å². The van der Waals surface area contributed by atoms with Gasteiger partial charge >= 0.3 is 5.76 Å². The van der Waals surface area contributed by atoms with Crippen molar-refractivity contribution in [1.29, 1.82) is 0 Å². The van der Waals surface area contributed by atoms with Crippen LogP contribution in [0.5, 0.6) is 0 Å². The first-order valence-electron chi connectivity index (χ1n) is 7.46. The second kappa shape index (κ2) is 9.46. The van der Waals surface area contributed by atoms with Gasteiger partial charge in [-0.2, -0.15) is 0 Å². The maximum Gasteiger partial charge on any atom is 0.434 e. The van der Waals surface area contributed by atoms with E-state index in [9.17, 15) is 4.79 Å². The molecule has 9 heteroatoms. The molecule has 1 aromatic heterocycles. The van der Waals surface area contributed by atoms with Gasteiger partial charge in [0.2, 0.25) is 5.89 Å². The Hall–Kier alpha value is -1.02. The molecule has 0 aliphatic carbocycles. The Morgan fingerprint density at radius 1 is 1.33 bits per heavy atom. The topological polar surface area (TPSA) is 83.0 Å². The molecule has 2 aromatic rings. The Morgan fingerprint density at radius 2 is 2.04 bits per heavy atom. The van der Waals surface area contributed by atoms with E-state index in [1.54, 1.807) is 0 Å². The molecule has 2 heterocycles. The van der Waals surface area contributed by atoms with E-state index in [1.807, 2.05) is 18.2 Å². The molecule has 0 saturated carbocycles. The van der Waals surface area contributed by atoms with Gasteiger partial charge in [-0.1, -0.05) is 0 Å². The highest BCUT2D eigenvalue weighted by Gasteiger charge is 2.20. The van der Waals surface area contributed by atoms with Gasteiger partial charge in [-0.25, -0.2) is 9.89 Å². The van der Waals surface area contributed by atoms with Crippen LogP contribution in [0, 0.1) is 5.92 Å². The Bertz CT molecular complexity index is 701. The number of aromatic nitrogens is 2. The van der Waals surface area contributed by atoms with Crippen molar-refractivity contribution in [1.82, 2.24) is 15.5 Å². The number of rotatable bonds is 4. The SMILES string of the molecule is CC(Nc1cc(-c2n[nH]c(=O)o2)ccc1Br)C1CCNCC1.Cl.Cl. The molecule has 0 amide bonds. The van der Waals surface area contributed by atoms with Crippen LogP contribution in [-0.2, 0) is 0 Å². The molecular weight excluding hydrogens is 419 g/mol. The summed E-state index contributed by atoms with van der Waals surface area (Å²) in [5.74, 6) is 0.408. The Morgan fingerprint density at radius 3 is 2.67 bits per heavy atom. The van der Waals surface area contributed by atoms with Gasteiger partial charge in [-0.15, -0.1) is 29.9 Å². The normalized spacial score (nSPS) is 15.9. The second-order valence-electron chi connectivity index (χ2n) is 5.63. The molecule has 0 radical (unpaired) electrons. The number of hydrogen-bond acceptors (Lipinski definition) is 5. The van der Waals surface area contributed by atoms with E-state index in [0.29, 0.717) is 17.9 Å². The van der Waals surface area contributed by atoms with Crippen molar-refractivity contribution in [3.8, 4) is 11.5 Å². The largest absolute Gasteiger partial charge is 0.434 e. The zero-order valence-electron chi connectivity index (χ0n) is 13.2. The molecular formula is C15H21BrCl2N4O2. The fraction of sp³-hybridized carbons (Fsp3) is 0.467. The van der Waals surface area contributed by atoms with E-state index < -0.39 is 5.76 Å². The first-order valence-corrected chi connectivity index (χ1v) is 8.25. The summed E-state index contributed by atoms with van der Waals surface area (Å²) in [7, 11) is 0. The molecule has 1 aliphatic heterocycles. The average Bonchev–Trinajstić information content (AvgIpc) is 2.97. The zero-order valence-corrected chi connectivity index (χ0v) is 16.4. The van der Waals surface area contributed by atoms with Crippen molar-refractivity contribution in [3.63, 3.8) is 0 Å². The molecule has 1 aliphatic rings. The van der Waals surface area contributed by atoms with Crippen LogP contribution in [0.15, 0.2) is 31.9 Å². The van der Waals surface area contributed by atoms with E-state index >= 15 is 0 Å². The molecule has 1 aromatic carbocycles. The quantitative estimate of drug-likeness (QED) is 0.679. The summed E-state index contributed by atoms with van der Waals surface area (Å²) in [6.45, 7) is 4.37. The summed E-state index contributed by atoms with van der Waals surface area (Å²) in [5, 5.41) is 13.1. The van der Waals surface area contributed by atoms with Crippen LogP contribution < -0.4 is 16.4 Å². The summed E-state index contributed by atoms with van der Waals surface area (Å²) in [6, 6.07) is 6.12. The molecule has 1 unspecified atom stereocenters. The Balaban J connectivity index is 0.00000144. The maximum absolute atomic E-state index is 11.1. The number of aromatic amines is 1. The molecule has 0 bridgehead atoms. The van der Waals surface area contributed by atoms with E-state index in [2.05, 4.69) is 43.7 Å². The number of piperidine rings is 1. The predicted molar refractivity (Wildman–Crippen MR) is 103 cm³/mol. The minimum atomic E-state index is -0.546. The van der Waals surface area contributed by atoms with Crippen LogP contribution in [0.3, 0.4) is 0 Å². The van der Waals surface area contributed by atoms with Gasteiger partial charge in [-0.05, 0) is 72.9 Å². The lowest BCUT2D eigenvalue weighted by Gasteiger charge is -2.30. The number of nitrogens with zero attached hydrogens (tertiary/aromatic N) is 1. The van der Waals surface area contributed by atoms with Crippen molar-refractivity contribution >= 4 is 46.4 Å². The fourth-order valence-corrected chi connectivity index (χ4v) is 3.19. The number of nitrogens with one attached hydrogen (secondary N) is 3. The van der Waals surface area contributed by atoms with E-state index in [4.69, 9.17) is 4.42 Å². The lowest BCUT2D eigenvalue weighted by Crippen LogP contribution is -2.36. The third kappa shape index (κ3) is 4.99. The van der Waals surface area contributed by atoms with Gasteiger partial charge in [0.15, 0.2) is 0 Å². The Kier molecular flexibility index (Phi) is 8.29. The summed E-state index contributed by atoms with van der Waals surface area (Å²) in [5.41, 5.74) is 1.75. The number of H-pyrrole nitrogens is 1. The van der Waals surface area contributed by atoms with Gasteiger partial charge in [0, 0.05) is 21.8 Å². The van der Waals surface area contributed by atoms with Crippen molar-refractivity contribution < 1.29 is 4.42 Å². The van der Waals surface area contributed by atoms with Crippen LogP contribution in [0.25, 0.3) is 11.5 Å². The molecule has 6 nitrogen and oxygen atoms in total. The van der Waals surface area contributed by atoms with E-state index in [1.165, 1.54) is 12.8 Å². The van der Waals surface area contributed by atoms with Crippen molar-refractivity contribution in [2.75, 3.05) is 18.4 Å². The summed E-state index contributed by atoms with van der Waals surface area (Å²) >= 11 is 3.57. The van der Waals surface area contributed by atoms with Crippen molar-refractivity contribution in [2.24, 2.45) is 5.92 Å². The first-order chi connectivity index (χ1) is 10.6. The average molecular weight is 440 g/mol. The molecule has 3 N–H and O–H groups in total. The summed E-state index contributed by atoms with van der Waals surface area (Å²) in [6.07, 6.45) is 2.36. The third-order valence-electron chi connectivity index (χ3n) is 4.13. The molecule has 24 heavy (non-hydrogen) atoms. The number of anilines is 1.